The third-order valence-electron chi connectivity index (χ3n) is 2.76. The molecule has 0 aliphatic carbocycles. The number of carboxylic acids is 1. The molecule has 0 fully saturated rings. The zero-order chi connectivity index (χ0) is 13.3. The summed E-state index contributed by atoms with van der Waals surface area (Å²) in [7, 11) is 1.67. The fourth-order valence-corrected chi connectivity index (χ4v) is 1.80. The molecule has 0 aliphatic rings. The molecule has 0 amide bonds. The van der Waals surface area contributed by atoms with Crippen molar-refractivity contribution in [3.05, 3.63) is 0 Å². The van der Waals surface area contributed by atoms with Crippen molar-refractivity contribution in [1.29, 1.82) is 0 Å². The van der Waals surface area contributed by atoms with E-state index < -0.39 is 12.1 Å². The van der Waals surface area contributed by atoms with Gasteiger partial charge < -0.3 is 14.6 Å². The van der Waals surface area contributed by atoms with E-state index in [9.17, 15) is 4.79 Å². The fraction of sp³-hybridized carbons (Fsp3) is 0.917. The first-order chi connectivity index (χ1) is 8.06. The van der Waals surface area contributed by atoms with Crippen LogP contribution in [-0.4, -0.2) is 61.5 Å². The summed E-state index contributed by atoms with van der Waals surface area (Å²) in [6.07, 6.45) is -0.200. The maximum absolute atomic E-state index is 10.9. The lowest BCUT2D eigenvalue weighted by atomic mass is 10.2. The lowest BCUT2D eigenvalue weighted by Crippen LogP contribution is -2.39. The quantitative estimate of drug-likeness (QED) is 0.629. The molecule has 0 saturated carbocycles. The lowest BCUT2D eigenvalue weighted by molar-refractivity contribution is -0.150. The predicted octanol–water partition coefficient (Wildman–Crippen LogP) is 1.22. The minimum atomic E-state index is -0.887. The van der Waals surface area contributed by atoms with Gasteiger partial charge in [0.25, 0.3) is 0 Å². The zero-order valence-electron chi connectivity index (χ0n) is 11.3. The Balaban J connectivity index is 4.14. The highest BCUT2D eigenvalue weighted by atomic mass is 16.5. The third-order valence-corrected chi connectivity index (χ3v) is 2.76. The van der Waals surface area contributed by atoms with Crippen molar-refractivity contribution in [1.82, 2.24) is 4.90 Å². The van der Waals surface area contributed by atoms with Crippen LogP contribution in [0.4, 0.5) is 0 Å². The number of rotatable bonds is 10. The van der Waals surface area contributed by atoms with Crippen molar-refractivity contribution in [3.63, 3.8) is 0 Å². The van der Waals surface area contributed by atoms with E-state index in [1.54, 1.807) is 14.0 Å². The number of methoxy groups -OCH3 is 1. The number of carbonyl (C=O) groups is 1. The van der Waals surface area contributed by atoms with E-state index in [-0.39, 0.29) is 0 Å². The van der Waals surface area contributed by atoms with Gasteiger partial charge in [0.1, 0.15) is 0 Å². The maximum atomic E-state index is 10.9. The number of aliphatic carboxylic acids is 1. The second kappa shape index (κ2) is 9.39. The van der Waals surface area contributed by atoms with Crippen LogP contribution in [0.15, 0.2) is 0 Å². The molecule has 5 nitrogen and oxygen atoms in total. The molecule has 17 heavy (non-hydrogen) atoms. The molecule has 0 saturated heterocycles. The number of hydrogen-bond donors (Lipinski definition) is 1. The van der Waals surface area contributed by atoms with Crippen LogP contribution in [0.1, 0.15) is 27.2 Å². The minimum absolute atomic E-state index is 0.293. The molecule has 0 radical (unpaired) electrons. The van der Waals surface area contributed by atoms with Gasteiger partial charge in [-0.15, -0.1) is 0 Å². The molecule has 0 aromatic carbocycles. The van der Waals surface area contributed by atoms with Gasteiger partial charge in [0.15, 0.2) is 6.10 Å². The number of hydrogen-bond acceptors (Lipinski definition) is 4. The second-order valence-electron chi connectivity index (χ2n) is 4.00. The van der Waals surface area contributed by atoms with Crippen molar-refractivity contribution >= 4 is 5.97 Å². The second-order valence-corrected chi connectivity index (χ2v) is 4.00. The smallest absolute Gasteiger partial charge is 0.332 e. The standard InChI is InChI=1S/C12H25NO4/c1-5-13(10(3)9-16-4)8-7-11(12(14)15)17-6-2/h10-11H,5-9H2,1-4H3,(H,14,15). The van der Waals surface area contributed by atoms with Gasteiger partial charge >= 0.3 is 5.97 Å². The molecule has 0 spiro atoms. The largest absolute Gasteiger partial charge is 0.479 e. The Labute approximate surface area is 104 Å². The van der Waals surface area contributed by atoms with Gasteiger partial charge in [0.05, 0.1) is 6.61 Å². The van der Waals surface area contributed by atoms with Gasteiger partial charge in [-0.3, -0.25) is 4.90 Å². The van der Waals surface area contributed by atoms with Crippen LogP contribution < -0.4 is 0 Å². The van der Waals surface area contributed by atoms with Crippen LogP contribution in [0.25, 0.3) is 0 Å². The van der Waals surface area contributed by atoms with Crippen molar-refractivity contribution in [3.8, 4) is 0 Å². The Kier molecular flexibility index (Phi) is 9.03. The SMILES string of the molecule is CCOC(CCN(CC)C(C)COC)C(=O)O. The number of carboxylic acid groups (broad SMARTS) is 1. The van der Waals surface area contributed by atoms with Crippen molar-refractivity contribution in [2.75, 3.05) is 33.4 Å². The molecule has 5 heteroatoms. The van der Waals surface area contributed by atoms with Crippen LogP contribution in [-0.2, 0) is 14.3 Å². The topological polar surface area (TPSA) is 59.0 Å². The normalized spacial score (nSPS) is 14.9. The molecule has 0 aromatic heterocycles. The van der Waals surface area contributed by atoms with E-state index in [1.165, 1.54) is 0 Å². The summed E-state index contributed by atoms with van der Waals surface area (Å²) in [5.41, 5.74) is 0. The predicted molar refractivity (Wildman–Crippen MR) is 66.3 cm³/mol. The molecule has 0 bridgehead atoms. The molecule has 0 aromatic rings. The molecular weight excluding hydrogens is 222 g/mol. The summed E-state index contributed by atoms with van der Waals surface area (Å²) >= 11 is 0. The molecule has 102 valence electrons. The Hall–Kier alpha value is -0.650. The minimum Gasteiger partial charge on any atom is -0.479 e. The van der Waals surface area contributed by atoms with Gasteiger partial charge in [-0.2, -0.15) is 0 Å². The fourth-order valence-electron chi connectivity index (χ4n) is 1.80. The van der Waals surface area contributed by atoms with Crippen LogP contribution in [0.3, 0.4) is 0 Å². The number of ether oxygens (including phenoxy) is 2. The summed E-state index contributed by atoms with van der Waals surface area (Å²) in [5, 5.41) is 8.96. The molecular formula is C12H25NO4. The van der Waals surface area contributed by atoms with E-state index in [1.807, 2.05) is 0 Å². The number of nitrogens with zero attached hydrogens (tertiary/aromatic N) is 1. The highest BCUT2D eigenvalue weighted by Gasteiger charge is 2.20. The Bertz CT molecular complexity index is 211. The summed E-state index contributed by atoms with van der Waals surface area (Å²) in [6.45, 7) is 8.60. The van der Waals surface area contributed by atoms with E-state index in [4.69, 9.17) is 14.6 Å². The van der Waals surface area contributed by atoms with Gasteiger partial charge in [0, 0.05) is 26.3 Å². The highest BCUT2D eigenvalue weighted by molar-refractivity contribution is 5.72. The van der Waals surface area contributed by atoms with E-state index in [0.29, 0.717) is 32.2 Å². The Morgan fingerprint density at radius 2 is 2.06 bits per heavy atom. The average molecular weight is 247 g/mol. The first-order valence-electron chi connectivity index (χ1n) is 6.14. The van der Waals surface area contributed by atoms with Crippen LogP contribution in [0.2, 0.25) is 0 Å². The van der Waals surface area contributed by atoms with Crippen LogP contribution >= 0.6 is 0 Å². The Morgan fingerprint density at radius 1 is 1.41 bits per heavy atom. The summed E-state index contributed by atoms with van der Waals surface area (Å²) < 4.78 is 10.3. The molecule has 0 aliphatic heterocycles. The first-order valence-corrected chi connectivity index (χ1v) is 6.14. The monoisotopic (exact) mass is 247 g/mol. The van der Waals surface area contributed by atoms with E-state index in [2.05, 4.69) is 18.7 Å². The maximum Gasteiger partial charge on any atom is 0.332 e. The molecule has 1 N–H and O–H groups in total. The molecule has 0 heterocycles. The first kappa shape index (κ1) is 16.4. The van der Waals surface area contributed by atoms with Crippen molar-refractivity contribution in [2.45, 2.75) is 39.3 Å². The highest BCUT2D eigenvalue weighted by Crippen LogP contribution is 2.05. The van der Waals surface area contributed by atoms with Crippen LogP contribution in [0, 0.1) is 0 Å². The molecule has 2 unspecified atom stereocenters. The van der Waals surface area contributed by atoms with Crippen molar-refractivity contribution < 1.29 is 19.4 Å². The van der Waals surface area contributed by atoms with Crippen LogP contribution in [0.5, 0.6) is 0 Å². The molecule has 2 atom stereocenters. The zero-order valence-corrected chi connectivity index (χ0v) is 11.3. The lowest BCUT2D eigenvalue weighted by Gasteiger charge is -2.28. The van der Waals surface area contributed by atoms with Gasteiger partial charge in [-0.05, 0) is 26.8 Å². The molecule has 0 rings (SSSR count). The summed E-state index contributed by atoms with van der Waals surface area (Å²) in [4.78, 5) is 13.1. The summed E-state index contributed by atoms with van der Waals surface area (Å²) in [5.74, 6) is -0.887. The third kappa shape index (κ3) is 6.61. The summed E-state index contributed by atoms with van der Waals surface area (Å²) in [6, 6.07) is 0.293. The van der Waals surface area contributed by atoms with E-state index in [0.717, 1.165) is 6.54 Å². The van der Waals surface area contributed by atoms with E-state index >= 15 is 0 Å². The number of likely N-dealkylation sites (N-methyl/N-ethyl adjacent to an activating group) is 1. The van der Waals surface area contributed by atoms with Gasteiger partial charge in [-0.25, -0.2) is 4.79 Å². The van der Waals surface area contributed by atoms with Gasteiger partial charge in [0.2, 0.25) is 0 Å². The van der Waals surface area contributed by atoms with Gasteiger partial charge in [-0.1, -0.05) is 6.92 Å². The average Bonchev–Trinajstić information content (AvgIpc) is 2.28. The van der Waals surface area contributed by atoms with Crippen molar-refractivity contribution in [2.24, 2.45) is 0 Å². The Morgan fingerprint density at radius 3 is 2.47 bits per heavy atom.